The Morgan fingerprint density at radius 2 is 1.38 bits per heavy atom. The molecular weight excluding hydrogens is 321 g/mol. The van der Waals surface area contributed by atoms with Gasteiger partial charge in [-0.05, 0) is 43.6 Å². The number of benzene rings is 3. The summed E-state index contributed by atoms with van der Waals surface area (Å²) in [6.07, 6.45) is 0.225. The monoisotopic (exact) mass is 341 g/mol. The van der Waals surface area contributed by atoms with Crippen LogP contribution in [0, 0.1) is 0 Å². The Morgan fingerprint density at radius 3 is 2.15 bits per heavy atom. The second-order valence-corrected chi connectivity index (χ2v) is 6.98. The Bertz CT molecular complexity index is 1080. The van der Waals surface area contributed by atoms with E-state index in [0.29, 0.717) is 0 Å². The average molecular weight is 341 g/mol. The molecule has 1 aromatic heterocycles. The number of nitrogens with zero attached hydrogens (tertiary/aromatic N) is 1. The molecule has 26 heavy (non-hydrogen) atoms. The lowest BCUT2D eigenvalue weighted by molar-refractivity contribution is 0.187. The molecule has 128 valence electrons. The molecule has 2 unspecified atom stereocenters. The Labute approximate surface area is 153 Å². The van der Waals surface area contributed by atoms with Crippen molar-refractivity contribution >= 4 is 34.4 Å². The zero-order valence-corrected chi connectivity index (χ0v) is 14.9. The van der Waals surface area contributed by atoms with Crippen LogP contribution in [-0.4, -0.2) is 23.9 Å². The maximum Gasteiger partial charge on any atom is 0.494 e. The normalized spacial score (nSPS) is 20.3. The quantitative estimate of drug-likeness (QED) is 0.508. The fraction of sp³-hybridized carbons (Fsp3) is 0.182. The first-order chi connectivity index (χ1) is 12.7. The van der Waals surface area contributed by atoms with E-state index in [4.69, 9.17) is 9.31 Å². The van der Waals surface area contributed by atoms with E-state index in [9.17, 15) is 0 Å². The molecule has 0 aliphatic carbocycles. The predicted octanol–water partition coefficient (Wildman–Crippen LogP) is 4.30. The summed E-state index contributed by atoms with van der Waals surface area (Å²) < 4.78 is 14.3. The SMILES string of the molecule is CC1OB(c2ccc3c(c2)c2ccccc2n3-c2ccccc2)OC1C. The fourth-order valence-electron chi connectivity index (χ4n) is 3.79. The van der Waals surface area contributed by atoms with Gasteiger partial charge in [-0.25, -0.2) is 0 Å². The standard InChI is InChI=1S/C22H20BNO2/c1-15-16(2)26-23(25-15)17-12-13-22-20(14-17)19-10-6-7-11-21(19)24(22)18-8-4-3-5-9-18/h3-16H,1-2H3. The molecule has 0 spiro atoms. The van der Waals surface area contributed by atoms with Crippen LogP contribution in [0.15, 0.2) is 72.8 Å². The van der Waals surface area contributed by atoms with Gasteiger partial charge in [0.1, 0.15) is 0 Å². The van der Waals surface area contributed by atoms with Crippen molar-refractivity contribution in [3.63, 3.8) is 0 Å². The number of hydrogen-bond donors (Lipinski definition) is 0. The van der Waals surface area contributed by atoms with Crippen LogP contribution in [0.25, 0.3) is 27.5 Å². The number of rotatable bonds is 2. The molecule has 2 heterocycles. The molecule has 3 nitrogen and oxygen atoms in total. The zero-order chi connectivity index (χ0) is 17.7. The van der Waals surface area contributed by atoms with Gasteiger partial charge in [-0.15, -0.1) is 0 Å². The Balaban J connectivity index is 1.74. The number of hydrogen-bond acceptors (Lipinski definition) is 2. The molecule has 1 saturated heterocycles. The van der Waals surface area contributed by atoms with Crippen LogP contribution in [0.4, 0.5) is 0 Å². The second kappa shape index (κ2) is 6.01. The Hall–Kier alpha value is -2.56. The molecule has 0 bridgehead atoms. The Kier molecular flexibility index (Phi) is 3.62. The van der Waals surface area contributed by atoms with Crippen LogP contribution in [0.5, 0.6) is 0 Å². The summed E-state index contributed by atoms with van der Waals surface area (Å²) in [7, 11) is -0.289. The molecule has 0 radical (unpaired) electrons. The summed E-state index contributed by atoms with van der Waals surface area (Å²) in [4.78, 5) is 0. The molecule has 4 aromatic rings. The molecule has 1 fully saturated rings. The number of aromatic nitrogens is 1. The molecule has 1 aliphatic heterocycles. The maximum absolute atomic E-state index is 5.98. The van der Waals surface area contributed by atoms with E-state index >= 15 is 0 Å². The molecule has 1 aliphatic rings. The second-order valence-electron chi connectivity index (χ2n) is 6.98. The summed E-state index contributed by atoms with van der Waals surface area (Å²) in [6.45, 7) is 4.12. The van der Waals surface area contributed by atoms with Gasteiger partial charge < -0.3 is 13.9 Å². The van der Waals surface area contributed by atoms with Crippen molar-refractivity contribution in [2.45, 2.75) is 26.1 Å². The minimum Gasteiger partial charge on any atom is -0.402 e. The van der Waals surface area contributed by atoms with Crippen molar-refractivity contribution in [1.82, 2.24) is 4.57 Å². The van der Waals surface area contributed by atoms with E-state index in [1.165, 1.54) is 27.5 Å². The van der Waals surface area contributed by atoms with E-state index in [1.54, 1.807) is 0 Å². The third-order valence-corrected chi connectivity index (χ3v) is 5.32. The summed E-state index contributed by atoms with van der Waals surface area (Å²) in [5.74, 6) is 0. The lowest BCUT2D eigenvalue weighted by atomic mass is 9.79. The van der Waals surface area contributed by atoms with Crippen molar-refractivity contribution in [2.75, 3.05) is 0 Å². The van der Waals surface area contributed by atoms with Crippen molar-refractivity contribution < 1.29 is 9.31 Å². The van der Waals surface area contributed by atoms with Crippen molar-refractivity contribution in [3.8, 4) is 5.69 Å². The number of fused-ring (bicyclic) bond motifs is 3. The topological polar surface area (TPSA) is 23.4 Å². The van der Waals surface area contributed by atoms with E-state index in [0.717, 1.165) is 5.46 Å². The summed E-state index contributed by atoms with van der Waals surface area (Å²) >= 11 is 0. The van der Waals surface area contributed by atoms with Gasteiger partial charge in [0.25, 0.3) is 0 Å². The average Bonchev–Trinajstić information content (AvgIpc) is 3.19. The molecule has 0 N–H and O–H groups in total. The van der Waals surface area contributed by atoms with Crippen LogP contribution in [-0.2, 0) is 9.31 Å². The van der Waals surface area contributed by atoms with Crippen LogP contribution in [0.2, 0.25) is 0 Å². The van der Waals surface area contributed by atoms with Gasteiger partial charge >= 0.3 is 7.12 Å². The minimum atomic E-state index is -0.289. The Morgan fingerprint density at radius 1 is 0.731 bits per heavy atom. The van der Waals surface area contributed by atoms with E-state index < -0.39 is 0 Å². The molecule has 2 atom stereocenters. The van der Waals surface area contributed by atoms with Gasteiger partial charge in [0.15, 0.2) is 0 Å². The van der Waals surface area contributed by atoms with Crippen molar-refractivity contribution in [2.24, 2.45) is 0 Å². The van der Waals surface area contributed by atoms with Gasteiger partial charge in [0, 0.05) is 16.5 Å². The molecule has 0 saturated carbocycles. The van der Waals surface area contributed by atoms with Crippen LogP contribution in [0.1, 0.15) is 13.8 Å². The first-order valence-corrected chi connectivity index (χ1v) is 9.12. The predicted molar refractivity (Wildman–Crippen MR) is 107 cm³/mol. The highest BCUT2D eigenvalue weighted by atomic mass is 16.7. The van der Waals surface area contributed by atoms with E-state index in [-0.39, 0.29) is 19.3 Å². The van der Waals surface area contributed by atoms with Crippen molar-refractivity contribution in [1.29, 1.82) is 0 Å². The third kappa shape index (κ3) is 2.37. The van der Waals surface area contributed by atoms with E-state index in [1.807, 2.05) is 6.07 Å². The van der Waals surface area contributed by atoms with Crippen LogP contribution in [0.3, 0.4) is 0 Å². The maximum atomic E-state index is 5.98. The van der Waals surface area contributed by atoms with Gasteiger partial charge in [-0.1, -0.05) is 48.5 Å². The minimum absolute atomic E-state index is 0.112. The molecule has 0 amide bonds. The van der Waals surface area contributed by atoms with Gasteiger partial charge in [0.05, 0.1) is 23.2 Å². The van der Waals surface area contributed by atoms with Crippen molar-refractivity contribution in [3.05, 3.63) is 72.8 Å². The molecule has 3 aromatic carbocycles. The smallest absolute Gasteiger partial charge is 0.402 e. The highest BCUT2D eigenvalue weighted by Crippen LogP contribution is 2.31. The summed E-state index contributed by atoms with van der Waals surface area (Å²) in [5, 5.41) is 2.47. The van der Waals surface area contributed by atoms with E-state index in [2.05, 4.69) is 85.1 Å². The third-order valence-electron chi connectivity index (χ3n) is 5.32. The fourth-order valence-corrected chi connectivity index (χ4v) is 3.79. The summed E-state index contributed by atoms with van der Waals surface area (Å²) in [6, 6.07) is 25.5. The summed E-state index contributed by atoms with van der Waals surface area (Å²) in [5.41, 5.74) is 4.65. The zero-order valence-electron chi connectivity index (χ0n) is 14.9. The highest BCUT2D eigenvalue weighted by molar-refractivity contribution is 6.62. The first-order valence-electron chi connectivity index (χ1n) is 9.12. The number of para-hydroxylation sites is 2. The molecule has 4 heteroatoms. The van der Waals surface area contributed by atoms with Crippen LogP contribution < -0.4 is 5.46 Å². The van der Waals surface area contributed by atoms with Gasteiger partial charge in [-0.2, -0.15) is 0 Å². The first kappa shape index (κ1) is 15.7. The van der Waals surface area contributed by atoms with Crippen LogP contribution >= 0.6 is 0 Å². The largest absolute Gasteiger partial charge is 0.494 e. The molecule has 5 rings (SSSR count). The lowest BCUT2D eigenvalue weighted by Gasteiger charge is -2.08. The lowest BCUT2D eigenvalue weighted by Crippen LogP contribution is -2.32. The van der Waals surface area contributed by atoms with Gasteiger partial charge in [0.2, 0.25) is 0 Å². The molecular formula is C22H20BNO2. The van der Waals surface area contributed by atoms with Gasteiger partial charge in [-0.3, -0.25) is 0 Å². The highest BCUT2D eigenvalue weighted by Gasteiger charge is 2.36.